The van der Waals surface area contributed by atoms with Gasteiger partial charge in [-0.3, -0.25) is 9.69 Å². The van der Waals surface area contributed by atoms with E-state index in [1.54, 1.807) is 0 Å². The second-order valence-corrected chi connectivity index (χ2v) is 7.82. The molecule has 1 saturated heterocycles. The molecule has 0 aliphatic carbocycles. The van der Waals surface area contributed by atoms with Crippen LogP contribution in [0.25, 0.3) is 0 Å². The molecule has 30 heavy (non-hydrogen) atoms. The SMILES string of the molecule is CC1CN(Cc2ccccc2NC(=O)C(C)C(N)c2ccccc2)CC(C)O1.Cl.Cl. The standard InChI is InChI=1S/C23H31N3O2.2ClH/c1-16-13-26(14-17(2)28-16)15-20-11-7-8-12-21(20)25-23(27)18(3)22(24)19-9-5-4-6-10-19;;/h4-12,16-18,22H,13-15,24H2,1-3H3,(H,25,27);2*1H. The number of morpholine rings is 1. The van der Waals surface area contributed by atoms with Gasteiger partial charge in [-0.2, -0.15) is 0 Å². The molecule has 5 nitrogen and oxygen atoms in total. The van der Waals surface area contributed by atoms with Gasteiger partial charge in [0, 0.05) is 31.4 Å². The summed E-state index contributed by atoms with van der Waals surface area (Å²) in [5.41, 5.74) is 9.26. The summed E-state index contributed by atoms with van der Waals surface area (Å²) in [6.07, 6.45) is 0.434. The zero-order valence-electron chi connectivity index (χ0n) is 17.8. The Balaban J connectivity index is 0.00000225. The van der Waals surface area contributed by atoms with E-state index in [9.17, 15) is 4.79 Å². The molecule has 1 aliphatic heterocycles. The first-order valence-electron chi connectivity index (χ1n) is 10.0. The quantitative estimate of drug-likeness (QED) is 0.679. The average molecular weight is 454 g/mol. The number of benzene rings is 2. The highest BCUT2D eigenvalue weighted by atomic mass is 35.5. The molecule has 1 fully saturated rings. The fourth-order valence-corrected chi connectivity index (χ4v) is 3.81. The van der Waals surface area contributed by atoms with Crippen LogP contribution in [0.2, 0.25) is 0 Å². The summed E-state index contributed by atoms with van der Waals surface area (Å²) in [5.74, 6) is -0.397. The van der Waals surface area contributed by atoms with Crippen LogP contribution in [0.1, 0.15) is 37.9 Å². The van der Waals surface area contributed by atoms with Crippen LogP contribution in [0.15, 0.2) is 54.6 Å². The summed E-state index contributed by atoms with van der Waals surface area (Å²) >= 11 is 0. The van der Waals surface area contributed by atoms with E-state index in [0.717, 1.165) is 36.4 Å². The van der Waals surface area contributed by atoms with Crippen molar-refractivity contribution in [2.75, 3.05) is 18.4 Å². The predicted octanol–water partition coefficient (Wildman–Crippen LogP) is 4.41. The number of hydrogen-bond donors (Lipinski definition) is 2. The van der Waals surface area contributed by atoms with Crippen molar-refractivity contribution in [3.05, 3.63) is 65.7 Å². The summed E-state index contributed by atoms with van der Waals surface area (Å²) in [6, 6.07) is 17.4. The van der Waals surface area contributed by atoms with Crippen LogP contribution in [0.4, 0.5) is 5.69 Å². The Morgan fingerprint density at radius 2 is 1.63 bits per heavy atom. The van der Waals surface area contributed by atoms with E-state index in [1.807, 2.05) is 55.5 Å². The summed E-state index contributed by atoms with van der Waals surface area (Å²) in [4.78, 5) is 15.2. The number of carbonyl (C=O) groups excluding carboxylic acids is 1. The highest BCUT2D eigenvalue weighted by molar-refractivity contribution is 5.93. The molecule has 0 saturated carbocycles. The van der Waals surface area contributed by atoms with Gasteiger partial charge in [0.25, 0.3) is 0 Å². The number of hydrogen-bond acceptors (Lipinski definition) is 4. The molecule has 1 heterocycles. The van der Waals surface area contributed by atoms with E-state index < -0.39 is 0 Å². The second kappa shape index (κ2) is 12.3. The Hall–Kier alpha value is -1.63. The third kappa shape index (κ3) is 6.96. The lowest BCUT2D eigenvalue weighted by molar-refractivity contribution is -0.120. The molecule has 7 heteroatoms. The smallest absolute Gasteiger partial charge is 0.229 e. The van der Waals surface area contributed by atoms with Gasteiger partial charge in [0.15, 0.2) is 0 Å². The summed E-state index contributed by atoms with van der Waals surface area (Å²) in [5, 5.41) is 3.10. The molecule has 4 atom stereocenters. The maximum Gasteiger partial charge on any atom is 0.229 e. The third-order valence-corrected chi connectivity index (χ3v) is 5.30. The number of carbonyl (C=O) groups is 1. The largest absolute Gasteiger partial charge is 0.373 e. The van der Waals surface area contributed by atoms with Crippen molar-refractivity contribution in [3.8, 4) is 0 Å². The van der Waals surface area contributed by atoms with Crippen molar-refractivity contribution in [2.45, 2.75) is 45.6 Å². The highest BCUT2D eigenvalue weighted by Crippen LogP contribution is 2.24. The number of nitrogens with one attached hydrogen (secondary N) is 1. The van der Waals surface area contributed by atoms with E-state index in [-0.39, 0.29) is 54.9 Å². The second-order valence-electron chi connectivity index (χ2n) is 7.82. The first kappa shape index (κ1) is 26.4. The summed E-state index contributed by atoms with van der Waals surface area (Å²) in [7, 11) is 0. The molecule has 1 amide bonds. The van der Waals surface area contributed by atoms with Crippen molar-refractivity contribution >= 4 is 36.4 Å². The van der Waals surface area contributed by atoms with Crippen LogP contribution in [-0.2, 0) is 16.1 Å². The number of nitrogens with zero attached hydrogens (tertiary/aromatic N) is 1. The summed E-state index contributed by atoms with van der Waals surface area (Å²) in [6.45, 7) is 8.64. The number of anilines is 1. The first-order valence-corrected chi connectivity index (χ1v) is 10.0. The maximum atomic E-state index is 12.9. The van der Waals surface area contributed by atoms with Gasteiger partial charge < -0.3 is 15.8 Å². The fraction of sp³-hybridized carbons (Fsp3) is 0.435. The van der Waals surface area contributed by atoms with Gasteiger partial charge in [-0.25, -0.2) is 0 Å². The van der Waals surface area contributed by atoms with Crippen LogP contribution >= 0.6 is 24.8 Å². The molecule has 0 spiro atoms. The number of para-hydroxylation sites is 1. The number of halogens is 2. The van der Waals surface area contributed by atoms with E-state index in [4.69, 9.17) is 10.5 Å². The van der Waals surface area contributed by atoms with Crippen molar-refractivity contribution in [2.24, 2.45) is 11.7 Å². The lowest BCUT2D eigenvalue weighted by Gasteiger charge is -2.35. The molecular formula is C23H33Cl2N3O2. The van der Waals surface area contributed by atoms with Gasteiger partial charge in [0.1, 0.15) is 0 Å². The monoisotopic (exact) mass is 453 g/mol. The van der Waals surface area contributed by atoms with Crippen molar-refractivity contribution < 1.29 is 9.53 Å². The van der Waals surface area contributed by atoms with Crippen LogP contribution in [0, 0.1) is 5.92 Å². The minimum absolute atomic E-state index is 0. The van der Waals surface area contributed by atoms with Crippen LogP contribution in [0.3, 0.4) is 0 Å². The molecule has 0 bridgehead atoms. The molecule has 3 rings (SSSR count). The maximum absolute atomic E-state index is 12.9. The lowest BCUT2D eigenvalue weighted by Crippen LogP contribution is -2.44. The molecule has 2 aromatic carbocycles. The number of ether oxygens (including phenoxy) is 1. The molecule has 4 unspecified atom stereocenters. The summed E-state index contributed by atoms with van der Waals surface area (Å²) < 4.78 is 5.82. The number of amides is 1. The lowest BCUT2D eigenvalue weighted by atomic mass is 9.94. The topological polar surface area (TPSA) is 67.6 Å². The minimum Gasteiger partial charge on any atom is -0.373 e. The number of rotatable bonds is 6. The number of nitrogens with two attached hydrogens (primary N) is 1. The Morgan fingerprint density at radius 3 is 2.27 bits per heavy atom. The third-order valence-electron chi connectivity index (χ3n) is 5.30. The van der Waals surface area contributed by atoms with Crippen LogP contribution in [0.5, 0.6) is 0 Å². The van der Waals surface area contributed by atoms with E-state index in [0.29, 0.717) is 0 Å². The molecule has 0 aromatic heterocycles. The van der Waals surface area contributed by atoms with Crippen molar-refractivity contribution in [1.29, 1.82) is 0 Å². The van der Waals surface area contributed by atoms with Crippen molar-refractivity contribution in [1.82, 2.24) is 4.90 Å². The van der Waals surface area contributed by atoms with Gasteiger partial charge in [-0.1, -0.05) is 55.5 Å². The van der Waals surface area contributed by atoms with Gasteiger partial charge in [-0.05, 0) is 31.0 Å². The zero-order chi connectivity index (χ0) is 20.1. The van der Waals surface area contributed by atoms with E-state index in [2.05, 4.69) is 30.1 Å². The van der Waals surface area contributed by atoms with Crippen LogP contribution in [-0.4, -0.2) is 36.1 Å². The normalized spacial score (nSPS) is 20.9. The Labute approximate surface area is 192 Å². The molecular weight excluding hydrogens is 421 g/mol. The van der Waals surface area contributed by atoms with Crippen LogP contribution < -0.4 is 11.1 Å². The Kier molecular flexibility index (Phi) is 10.8. The highest BCUT2D eigenvalue weighted by Gasteiger charge is 2.25. The molecule has 2 aromatic rings. The first-order chi connectivity index (χ1) is 13.4. The Morgan fingerprint density at radius 1 is 1.07 bits per heavy atom. The van der Waals surface area contributed by atoms with E-state index in [1.165, 1.54) is 0 Å². The Bertz CT molecular complexity index is 781. The average Bonchev–Trinajstić information content (AvgIpc) is 2.68. The zero-order valence-corrected chi connectivity index (χ0v) is 19.4. The van der Waals surface area contributed by atoms with E-state index >= 15 is 0 Å². The molecule has 166 valence electrons. The molecule has 3 N–H and O–H groups in total. The fourth-order valence-electron chi connectivity index (χ4n) is 3.81. The molecule has 0 radical (unpaired) electrons. The predicted molar refractivity (Wildman–Crippen MR) is 127 cm³/mol. The molecule has 1 aliphatic rings. The minimum atomic E-state index is -0.339. The van der Waals surface area contributed by atoms with Gasteiger partial charge in [0.05, 0.1) is 18.1 Å². The van der Waals surface area contributed by atoms with Gasteiger partial charge in [0.2, 0.25) is 5.91 Å². The van der Waals surface area contributed by atoms with Crippen molar-refractivity contribution in [3.63, 3.8) is 0 Å². The van der Waals surface area contributed by atoms with Gasteiger partial charge in [-0.15, -0.1) is 24.8 Å². The van der Waals surface area contributed by atoms with Gasteiger partial charge >= 0.3 is 0 Å².